The molecule has 0 spiro atoms. The number of hydrogen-bond donors (Lipinski definition) is 0. The Morgan fingerprint density at radius 3 is 1.90 bits per heavy atom. The summed E-state index contributed by atoms with van der Waals surface area (Å²) in [7, 11) is -1.44. The lowest BCUT2D eigenvalue weighted by molar-refractivity contribution is 0.305. The fourth-order valence-corrected chi connectivity index (χ4v) is 2.41. The van der Waals surface area contributed by atoms with Crippen LogP contribution in [0.4, 0.5) is 0 Å². The molecule has 0 aromatic carbocycles. The minimum atomic E-state index is -2.84. The molecule has 0 aliphatic carbocycles. The highest BCUT2D eigenvalue weighted by molar-refractivity contribution is 7.53. The first kappa shape index (κ1) is 19.7. The first-order chi connectivity index (χ1) is 9.62. The molecule has 0 heterocycles. The summed E-state index contributed by atoms with van der Waals surface area (Å²) in [5.41, 5.74) is 0. The standard InChI is InChI=1S/C16H33O3P/c1-4-5-6-7-8-9-10-11-12-13-14-15-16-19-20(3,17)18-2/h15-16H,4-14H2,1-3H3. The zero-order chi connectivity index (χ0) is 15.1. The SMILES string of the molecule is CCCCCCCCCCCCC=COP(C)(=O)OC. The minimum Gasteiger partial charge on any atom is -0.433 e. The molecule has 0 radical (unpaired) electrons. The molecule has 120 valence electrons. The van der Waals surface area contributed by atoms with Crippen LogP contribution in [0.3, 0.4) is 0 Å². The lowest BCUT2D eigenvalue weighted by atomic mass is 10.1. The van der Waals surface area contributed by atoms with Crippen molar-refractivity contribution >= 4 is 7.60 Å². The van der Waals surface area contributed by atoms with Gasteiger partial charge in [-0.3, -0.25) is 0 Å². The Labute approximate surface area is 125 Å². The van der Waals surface area contributed by atoms with Crippen LogP contribution in [0.2, 0.25) is 0 Å². The van der Waals surface area contributed by atoms with Gasteiger partial charge in [-0.05, 0) is 18.9 Å². The molecular weight excluding hydrogens is 271 g/mol. The van der Waals surface area contributed by atoms with Gasteiger partial charge in [0.2, 0.25) is 0 Å². The van der Waals surface area contributed by atoms with E-state index in [2.05, 4.69) is 6.92 Å². The van der Waals surface area contributed by atoms with Crippen molar-refractivity contribution in [1.82, 2.24) is 0 Å². The smallest absolute Gasteiger partial charge is 0.375 e. The second-order valence-electron chi connectivity index (χ2n) is 5.40. The van der Waals surface area contributed by atoms with Crippen molar-refractivity contribution in [2.24, 2.45) is 0 Å². The predicted molar refractivity (Wildman–Crippen MR) is 87.2 cm³/mol. The molecule has 0 aliphatic heterocycles. The van der Waals surface area contributed by atoms with E-state index in [0.717, 1.165) is 6.42 Å². The van der Waals surface area contributed by atoms with Crippen molar-refractivity contribution in [3.8, 4) is 0 Å². The van der Waals surface area contributed by atoms with Gasteiger partial charge in [-0.2, -0.15) is 0 Å². The Bertz CT molecular complexity index is 277. The largest absolute Gasteiger partial charge is 0.433 e. The molecule has 0 amide bonds. The summed E-state index contributed by atoms with van der Waals surface area (Å²) in [6, 6.07) is 0. The molecule has 1 atom stereocenters. The summed E-state index contributed by atoms with van der Waals surface area (Å²) in [6.45, 7) is 3.73. The maximum atomic E-state index is 11.4. The molecule has 0 aromatic heterocycles. The molecule has 0 saturated heterocycles. The fraction of sp³-hybridized carbons (Fsp3) is 0.875. The molecule has 0 bridgehead atoms. The zero-order valence-corrected chi connectivity index (χ0v) is 14.5. The molecular formula is C16H33O3P. The minimum absolute atomic E-state index is 0.986. The predicted octanol–water partition coefficient (Wildman–Crippen LogP) is 6.30. The van der Waals surface area contributed by atoms with Gasteiger partial charge in [0, 0.05) is 13.8 Å². The summed E-state index contributed by atoms with van der Waals surface area (Å²) in [5, 5.41) is 0. The van der Waals surface area contributed by atoms with E-state index in [4.69, 9.17) is 9.05 Å². The van der Waals surface area contributed by atoms with E-state index < -0.39 is 7.60 Å². The maximum Gasteiger partial charge on any atom is 0.375 e. The zero-order valence-electron chi connectivity index (χ0n) is 13.6. The third-order valence-corrected chi connectivity index (χ3v) is 4.57. The van der Waals surface area contributed by atoms with Gasteiger partial charge in [-0.1, -0.05) is 64.7 Å². The molecule has 0 aromatic rings. The second-order valence-corrected chi connectivity index (χ2v) is 7.52. The van der Waals surface area contributed by atoms with Crippen LogP contribution in [0.15, 0.2) is 12.3 Å². The Morgan fingerprint density at radius 2 is 1.40 bits per heavy atom. The third-order valence-electron chi connectivity index (χ3n) is 3.40. The van der Waals surface area contributed by atoms with E-state index in [1.165, 1.54) is 84.2 Å². The van der Waals surface area contributed by atoms with Crippen LogP contribution in [0.1, 0.15) is 77.6 Å². The fourth-order valence-electron chi connectivity index (χ4n) is 2.01. The van der Waals surface area contributed by atoms with Gasteiger partial charge in [0.1, 0.15) is 0 Å². The lowest BCUT2D eigenvalue weighted by Crippen LogP contribution is -1.83. The monoisotopic (exact) mass is 304 g/mol. The Morgan fingerprint density at radius 1 is 0.900 bits per heavy atom. The van der Waals surface area contributed by atoms with Crippen molar-refractivity contribution in [3.63, 3.8) is 0 Å². The quantitative estimate of drug-likeness (QED) is 0.215. The van der Waals surface area contributed by atoms with Crippen LogP contribution < -0.4 is 0 Å². The lowest BCUT2D eigenvalue weighted by Gasteiger charge is -2.07. The topological polar surface area (TPSA) is 35.5 Å². The van der Waals surface area contributed by atoms with Crippen molar-refractivity contribution in [1.29, 1.82) is 0 Å². The van der Waals surface area contributed by atoms with E-state index >= 15 is 0 Å². The van der Waals surface area contributed by atoms with Crippen LogP contribution in [0.25, 0.3) is 0 Å². The molecule has 1 unspecified atom stereocenters. The van der Waals surface area contributed by atoms with E-state index in [0.29, 0.717) is 0 Å². The van der Waals surface area contributed by atoms with Crippen LogP contribution in [-0.4, -0.2) is 13.8 Å². The average molecular weight is 304 g/mol. The van der Waals surface area contributed by atoms with Gasteiger partial charge in [-0.15, -0.1) is 0 Å². The summed E-state index contributed by atoms with van der Waals surface area (Å²) < 4.78 is 21.1. The van der Waals surface area contributed by atoms with Gasteiger partial charge in [0.25, 0.3) is 0 Å². The number of unbranched alkanes of at least 4 members (excludes halogenated alkanes) is 10. The van der Waals surface area contributed by atoms with Crippen LogP contribution >= 0.6 is 7.60 Å². The highest BCUT2D eigenvalue weighted by Crippen LogP contribution is 2.42. The van der Waals surface area contributed by atoms with Gasteiger partial charge in [0.15, 0.2) is 0 Å². The first-order valence-corrected chi connectivity index (χ1v) is 10.1. The molecule has 0 N–H and O–H groups in total. The Kier molecular flexibility index (Phi) is 13.5. The highest BCUT2D eigenvalue weighted by atomic mass is 31.2. The summed E-state index contributed by atoms with van der Waals surface area (Å²) in [6.07, 6.45) is 17.9. The number of rotatable bonds is 14. The molecule has 0 fully saturated rings. The van der Waals surface area contributed by atoms with Crippen LogP contribution in [0.5, 0.6) is 0 Å². The number of allylic oxidation sites excluding steroid dienone is 1. The molecule has 4 heteroatoms. The first-order valence-electron chi connectivity index (χ1n) is 8.09. The van der Waals surface area contributed by atoms with Crippen molar-refractivity contribution in [2.75, 3.05) is 13.8 Å². The average Bonchev–Trinajstić information content (AvgIpc) is 2.44. The second kappa shape index (κ2) is 13.7. The Balaban J connectivity index is 3.21. The summed E-state index contributed by atoms with van der Waals surface area (Å²) in [4.78, 5) is 0. The van der Waals surface area contributed by atoms with Gasteiger partial charge >= 0.3 is 7.60 Å². The van der Waals surface area contributed by atoms with E-state index in [9.17, 15) is 4.57 Å². The van der Waals surface area contributed by atoms with E-state index in [1.807, 2.05) is 6.08 Å². The summed E-state index contributed by atoms with van der Waals surface area (Å²) >= 11 is 0. The molecule has 3 nitrogen and oxygen atoms in total. The van der Waals surface area contributed by atoms with Crippen LogP contribution in [-0.2, 0) is 13.6 Å². The maximum absolute atomic E-state index is 11.4. The third kappa shape index (κ3) is 14.1. The highest BCUT2D eigenvalue weighted by Gasteiger charge is 2.11. The number of hydrogen-bond acceptors (Lipinski definition) is 3. The van der Waals surface area contributed by atoms with Crippen molar-refractivity contribution < 1.29 is 13.6 Å². The molecule has 20 heavy (non-hydrogen) atoms. The van der Waals surface area contributed by atoms with Crippen molar-refractivity contribution in [2.45, 2.75) is 77.6 Å². The summed E-state index contributed by atoms with van der Waals surface area (Å²) in [5.74, 6) is 0. The molecule has 0 saturated carbocycles. The van der Waals surface area contributed by atoms with Gasteiger partial charge in [0.05, 0.1) is 6.26 Å². The normalized spacial score (nSPS) is 14.6. The Hall–Kier alpha value is -0.270. The van der Waals surface area contributed by atoms with E-state index in [1.54, 1.807) is 0 Å². The van der Waals surface area contributed by atoms with E-state index in [-0.39, 0.29) is 0 Å². The van der Waals surface area contributed by atoms with Crippen LogP contribution in [0, 0.1) is 0 Å². The molecule has 0 rings (SSSR count). The molecule has 0 aliphatic rings. The van der Waals surface area contributed by atoms with Gasteiger partial charge < -0.3 is 9.05 Å². The van der Waals surface area contributed by atoms with Gasteiger partial charge in [-0.25, -0.2) is 4.57 Å². The van der Waals surface area contributed by atoms with Crippen molar-refractivity contribution in [3.05, 3.63) is 12.3 Å².